The Balaban J connectivity index is 1.56. The Kier molecular flexibility index (Phi) is 4.05. The molecule has 2 heterocycles. The largest absolute Gasteiger partial charge is 0.311 e. The predicted octanol–water partition coefficient (Wildman–Crippen LogP) is 3.21. The molecule has 2 aromatic heterocycles. The predicted molar refractivity (Wildman–Crippen MR) is 89.6 cm³/mol. The average Bonchev–Trinajstić information content (AvgIpc) is 3.24. The number of aryl methyl sites for hydroxylation is 1. The molecule has 1 aromatic carbocycles. The van der Waals surface area contributed by atoms with E-state index in [1.165, 1.54) is 11.5 Å². The Morgan fingerprint density at radius 2 is 1.70 bits per heavy atom. The summed E-state index contributed by atoms with van der Waals surface area (Å²) < 4.78 is 2.08. The standard InChI is InChI=1S/C19H17N4/c1-2-8-16(9-3-1)12-23-14-22-18-17(20-13-21-19(18)23)11-10-15-6-4-5-7-15/h1-9,13-14H,10-12H2. The van der Waals surface area contributed by atoms with Gasteiger partial charge in [0.25, 0.3) is 0 Å². The van der Waals surface area contributed by atoms with Gasteiger partial charge in [-0.2, -0.15) is 0 Å². The van der Waals surface area contributed by atoms with Gasteiger partial charge in [0.05, 0.1) is 18.6 Å². The van der Waals surface area contributed by atoms with Crippen LogP contribution in [0.5, 0.6) is 0 Å². The van der Waals surface area contributed by atoms with E-state index in [1.807, 2.05) is 12.4 Å². The highest BCUT2D eigenvalue weighted by Gasteiger charge is 2.18. The number of nitrogens with zero attached hydrogens (tertiary/aromatic N) is 4. The minimum atomic E-state index is 0.774. The van der Waals surface area contributed by atoms with E-state index in [4.69, 9.17) is 0 Å². The van der Waals surface area contributed by atoms with Crippen LogP contribution in [-0.2, 0) is 13.0 Å². The zero-order chi connectivity index (χ0) is 15.5. The molecular formula is C19H17N4. The summed E-state index contributed by atoms with van der Waals surface area (Å²) >= 11 is 0. The highest BCUT2D eigenvalue weighted by atomic mass is 15.1. The smallest absolute Gasteiger partial charge is 0.163 e. The number of benzene rings is 1. The minimum Gasteiger partial charge on any atom is -0.311 e. The molecule has 1 aliphatic rings. The summed E-state index contributed by atoms with van der Waals surface area (Å²) in [6.07, 6.45) is 13.8. The van der Waals surface area contributed by atoms with Crippen molar-refractivity contribution in [2.75, 3.05) is 0 Å². The van der Waals surface area contributed by atoms with Crippen LogP contribution in [-0.4, -0.2) is 19.5 Å². The number of hydrogen-bond donors (Lipinski definition) is 0. The molecule has 4 heteroatoms. The van der Waals surface area contributed by atoms with Gasteiger partial charge in [-0.25, -0.2) is 15.0 Å². The molecule has 23 heavy (non-hydrogen) atoms. The maximum absolute atomic E-state index is 4.55. The fourth-order valence-corrected chi connectivity index (χ4v) is 2.85. The van der Waals surface area contributed by atoms with Crippen LogP contribution in [0.15, 0.2) is 43.0 Å². The van der Waals surface area contributed by atoms with E-state index in [2.05, 4.69) is 69.5 Å². The Bertz CT molecular complexity index is 772. The van der Waals surface area contributed by atoms with Crippen LogP contribution in [0, 0.1) is 31.6 Å². The molecule has 0 amide bonds. The number of fused-ring (bicyclic) bond motifs is 1. The summed E-state index contributed by atoms with van der Waals surface area (Å²) in [6.45, 7) is 0.774. The van der Waals surface area contributed by atoms with Crippen LogP contribution in [0.1, 0.15) is 17.7 Å². The molecule has 0 spiro atoms. The zero-order valence-corrected chi connectivity index (χ0v) is 12.8. The molecule has 1 fully saturated rings. The fourth-order valence-electron chi connectivity index (χ4n) is 2.85. The number of aromatic nitrogens is 4. The van der Waals surface area contributed by atoms with E-state index in [0.717, 1.165) is 36.2 Å². The van der Waals surface area contributed by atoms with Crippen molar-refractivity contribution < 1.29 is 0 Å². The maximum atomic E-state index is 4.55. The monoisotopic (exact) mass is 301 g/mol. The van der Waals surface area contributed by atoms with Crippen LogP contribution in [0.4, 0.5) is 0 Å². The van der Waals surface area contributed by atoms with Gasteiger partial charge in [-0.1, -0.05) is 30.3 Å². The molecular weight excluding hydrogens is 284 g/mol. The second-order valence-electron chi connectivity index (χ2n) is 5.64. The van der Waals surface area contributed by atoms with Crippen LogP contribution in [0.3, 0.4) is 0 Å². The number of imidazole rings is 1. The third-order valence-electron chi connectivity index (χ3n) is 4.05. The van der Waals surface area contributed by atoms with Gasteiger partial charge < -0.3 is 4.57 Å². The molecule has 0 aliphatic heterocycles. The van der Waals surface area contributed by atoms with Crippen molar-refractivity contribution in [2.45, 2.75) is 19.4 Å². The molecule has 0 N–H and O–H groups in total. The van der Waals surface area contributed by atoms with Gasteiger partial charge in [0.2, 0.25) is 0 Å². The summed E-state index contributed by atoms with van der Waals surface area (Å²) in [4.78, 5) is 13.4. The van der Waals surface area contributed by atoms with E-state index in [1.54, 1.807) is 6.33 Å². The summed E-state index contributed by atoms with van der Waals surface area (Å²) in [7, 11) is 0. The second-order valence-corrected chi connectivity index (χ2v) is 5.64. The van der Waals surface area contributed by atoms with Gasteiger partial charge in [-0.05, 0) is 50.0 Å². The van der Waals surface area contributed by atoms with E-state index >= 15 is 0 Å². The first-order valence-corrected chi connectivity index (χ1v) is 7.79. The van der Waals surface area contributed by atoms with Crippen molar-refractivity contribution in [3.05, 3.63) is 85.8 Å². The molecule has 0 atom stereocenters. The highest BCUT2D eigenvalue weighted by molar-refractivity contribution is 5.73. The molecule has 1 aliphatic carbocycles. The minimum absolute atomic E-state index is 0.774. The number of hydrogen-bond acceptors (Lipinski definition) is 3. The van der Waals surface area contributed by atoms with E-state index < -0.39 is 0 Å². The van der Waals surface area contributed by atoms with Crippen LogP contribution < -0.4 is 0 Å². The molecule has 113 valence electrons. The first-order valence-electron chi connectivity index (χ1n) is 7.79. The average molecular weight is 301 g/mol. The molecule has 4 rings (SSSR count). The lowest BCUT2D eigenvalue weighted by Crippen LogP contribution is -2.02. The molecule has 1 saturated carbocycles. The van der Waals surface area contributed by atoms with Crippen molar-refractivity contribution in [3.63, 3.8) is 0 Å². The van der Waals surface area contributed by atoms with Crippen molar-refractivity contribution >= 4 is 11.2 Å². The third kappa shape index (κ3) is 3.11. The fraction of sp³-hybridized carbons (Fsp3) is 0.158. The normalized spacial score (nSPS) is 15.5. The molecule has 3 aromatic rings. The van der Waals surface area contributed by atoms with E-state index in [-0.39, 0.29) is 0 Å². The molecule has 4 nitrogen and oxygen atoms in total. The van der Waals surface area contributed by atoms with Gasteiger partial charge in [0, 0.05) is 0 Å². The third-order valence-corrected chi connectivity index (χ3v) is 4.05. The Morgan fingerprint density at radius 1 is 0.870 bits per heavy atom. The molecule has 0 saturated heterocycles. The van der Waals surface area contributed by atoms with Crippen molar-refractivity contribution in [1.29, 1.82) is 0 Å². The zero-order valence-electron chi connectivity index (χ0n) is 12.8. The van der Waals surface area contributed by atoms with E-state index in [9.17, 15) is 0 Å². The highest BCUT2D eigenvalue weighted by Crippen LogP contribution is 2.28. The maximum Gasteiger partial charge on any atom is 0.163 e. The Hall–Kier alpha value is -2.23. The van der Waals surface area contributed by atoms with Crippen LogP contribution in [0.2, 0.25) is 0 Å². The first kappa shape index (κ1) is 14.4. The first-order chi connectivity index (χ1) is 11.4. The topological polar surface area (TPSA) is 43.6 Å². The summed E-state index contributed by atoms with van der Waals surface area (Å²) in [5.74, 6) is 1.33. The molecule has 5 radical (unpaired) electrons. The quantitative estimate of drug-likeness (QED) is 0.727. The van der Waals surface area contributed by atoms with E-state index in [0.29, 0.717) is 0 Å². The van der Waals surface area contributed by atoms with Crippen LogP contribution >= 0.6 is 0 Å². The van der Waals surface area contributed by atoms with Gasteiger partial charge >= 0.3 is 0 Å². The lowest BCUT2D eigenvalue weighted by molar-refractivity contribution is 0.810. The SMILES string of the molecule is [CH]1[CH][CH][C](CCc2ncnc3c2ncn3Cc2ccccc2)[CH]1. The molecule has 0 bridgehead atoms. The van der Waals surface area contributed by atoms with Crippen LogP contribution in [0.25, 0.3) is 11.2 Å². The lowest BCUT2D eigenvalue weighted by atomic mass is 10.0. The summed E-state index contributed by atoms with van der Waals surface area (Å²) in [6, 6.07) is 10.4. The summed E-state index contributed by atoms with van der Waals surface area (Å²) in [5, 5.41) is 0. The van der Waals surface area contributed by atoms with Gasteiger partial charge in [-0.3, -0.25) is 0 Å². The summed E-state index contributed by atoms with van der Waals surface area (Å²) in [5.41, 5.74) is 4.07. The van der Waals surface area contributed by atoms with Crippen molar-refractivity contribution in [3.8, 4) is 0 Å². The Labute approximate surface area is 136 Å². The molecule has 0 unspecified atom stereocenters. The van der Waals surface area contributed by atoms with Gasteiger partial charge in [0.1, 0.15) is 11.8 Å². The van der Waals surface area contributed by atoms with Gasteiger partial charge in [-0.15, -0.1) is 0 Å². The Morgan fingerprint density at radius 3 is 2.52 bits per heavy atom. The van der Waals surface area contributed by atoms with Crippen molar-refractivity contribution in [1.82, 2.24) is 19.5 Å². The van der Waals surface area contributed by atoms with Gasteiger partial charge in [0.15, 0.2) is 5.65 Å². The lowest BCUT2D eigenvalue weighted by Gasteiger charge is -2.07. The second kappa shape index (κ2) is 6.49. The number of rotatable bonds is 5. The van der Waals surface area contributed by atoms with Crippen molar-refractivity contribution in [2.24, 2.45) is 0 Å².